The maximum absolute atomic E-state index is 13.9. The highest BCUT2D eigenvalue weighted by atomic mass is 19.1. The standard InChI is InChI=1S/C19H20FN3O3/c1-12(24)21-15-8-9-16(20)18(10-15)23-19(26)11-17(22-13(2)25)14-6-4-3-5-7-14/h3-10,17H,11H2,1-2H3,(H,21,24)(H,22,25)(H,23,26). The van der Waals surface area contributed by atoms with Gasteiger partial charge in [0.25, 0.3) is 0 Å². The zero-order valence-corrected chi connectivity index (χ0v) is 14.5. The maximum Gasteiger partial charge on any atom is 0.226 e. The summed E-state index contributed by atoms with van der Waals surface area (Å²) in [5.41, 5.74) is 1.09. The molecule has 3 N–H and O–H groups in total. The Labute approximate surface area is 150 Å². The Hall–Kier alpha value is -3.22. The summed E-state index contributed by atoms with van der Waals surface area (Å²) < 4.78 is 13.9. The number of nitrogens with one attached hydrogen (secondary N) is 3. The van der Waals surface area contributed by atoms with E-state index in [1.807, 2.05) is 6.07 Å². The van der Waals surface area contributed by atoms with E-state index >= 15 is 0 Å². The average Bonchev–Trinajstić information content (AvgIpc) is 2.57. The third-order valence-corrected chi connectivity index (χ3v) is 3.53. The van der Waals surface area contributed by atoms with Gasteiger partial charge in [0.05, 0.1) is 18.2 Å². The zero-order chi connectivity index (χ0) is 19.1. The van der Waals surface area contributed by atoms with Crippen molar-refractivity contribution in [2.24, 2.45) is 0 Å². The zero-order valence-electron chi connectivity index (χ0n) is 14.5. The third kappa shape index (κ3) is 5.70. The molecule has 0 spiro atoms. The molecule has 2 aromatic carbocycles. The van der Waals surface area contributed by atoms with Crippen LogP contribution in [0.15, 0.2) is 48.5 Å². The highest BCUT2D eigenvalue weighted by Crippen LogP contribution is 2.22. The lowest BCUT2D eigenvalue weighted by Gasteiger charge is -2.18. The van der Waals surface area contributed by atoms with Crippen molar-refractivity contribution in [2.75, 3.05) is 10.6 Å². The van der Waals surface area contributed by atoms with E-state index in [9.17, 15) is 18.8 Å². The van der Waals surface area contributed by atoms with Crippen LogP contribution in [0.25, 0.3) is 0 Å². The van der Waals surface area contributed by atoms with Crippen LogP contribution >= 0.6 is 0 Å². The number of hydrogen-bond donors (Lipinski definition) is 3. The molecule has 0 saturated carbocycles. The summed E-state index contributed by atoms with van der Waals surface area (Å²) in [6.45, 7) is 2.70. The van der Waals surface area contributed by atoms with Crippen LogP contribution in [0.3, 0.4) is 0 Å². The number of rotatable bonds is 6. The summed E-state index contributed by atoms with van der Waals surface area (Å²) in [7, 11) is 0. The molecule has 1 atom stereocenters. The number of amides is 3. The van der Waals surface area contributed by atoms with Gasteiger partial charge in [-0.15, -0.1) is 0 Å². The van der Waals surface area contributed by atoms with Crippen LogP contribution in [0.2, 0.25) is 0 Å². The molecule has 7 heteroatoms. The Morgan fingerprint density at radius 3 is 2.27 bits per heavy atom. The first-order chi connectivity index (χ1) is 12.3. The van der Waals surface area contributed by atoms with Gasteiger partial charge < -0.3 is 16.0 Å². The predicted molar refractivity (Wildman–Crippen MR) is 97.0 cm³/mol. The van der Waals surface area contributed by atoms with E-state index in [1.165, 1.54) is 26.0 Å². The van der Waals surface area contributed by atoms with Gasteiger partial charge >= 0.3 is 0 Å². The van der Waals surface area contributed by atoms with E-state index in [4.69, 9.17) is 0 Å². The molecule has 0 saturated heterocycles. The van der Waals surface area contributed by atoms with Gasteiger partial charge in [0.15, 0.2) is 0 Å². The molecule has 2 rings (SSSR count). The van der Waals surface area contributed by atoms with Crippen molar-refractivity contribution in [3.63, 3.8) is 0 Å². The molecular weight excluding hydrogens is 337 g/mol. The quantitative estimate of drug-likeness (QED) is 0.743. The van der Waals surface area contributed by atoms with Gasteiger partial charge in [0.1, 0.15) is 5.82 Å². The van der Waals surface area contributed by atoms with Crippen LogP contribution in [-0.4, -0.2) is 17.7 Å². The lowest BCUT2D eigenvalue weighted by Crippen LogP contribution is -2.29. The smallest absolute Gasteiger partial charge is 0.226 e. The highest BCUT2D eigenvalue weighted by molar-refractivity contribution is 5.94. The van der Waals surface area contributed by atoms with E-state index in [-0.39, 0.29) is 23.9 Å². The Morgan fingerprint density at radius 1 is 0.962 bits per heavy atom. The van der Waals surface area contributed by atoms with Crippen molar-refractivity contribution in [2.45, 2.75) is 26.3 Å². The monoisotopic (exact) mass is 357 g/mol. The number of anilines is 2. The highest BCUT2D eigenvalue weighted by Gasteiger charge is 2.18. The molecule has 6 nitrogen and oxygen atoms in total. The fourth-order valence-electron chi connectivity index (χ4n) is 2.47. The van der Waals surface area contributed by atoms with Crippen LogP contribution < -0.4 is 16.0 Å². The molecule has 0 heterocycles. The maximum atomic E-state index is 13.9. The lowest BCUT2D eigenvalue weighted by molar-refractivity contribution is -0.120. The van der Waals surface area contributed by atoms with Crippen LogP contribution in [0.4, 0.5) is 15.8 Å². The number of carbonyl (C=O) groups excluding carboxylic acids is 3. The fourth-order valence-corrected chi connectivity index (χ4v) is 2.47. The summed E-state index contributed by atoms with van der Waals surface area (Å²) in [4.78, 5) is 34.9. The van der Waals surface area contributed by atoms with Gasteiger partial charge in [-0.2, -0.15) is 0 Å². The Balaban J connectivity index is 2.12. The fraction of sp³-hybridized carbons (Fsp3) is 0.211. The summed E-state index contributed by atoms with van der Waals surface area (Å²) in [6, 6.07) is 12.4. The van der Waals surface area contributed by atoms with Gasteiger partial charge in [-0.05, 0) is 23.8 Å². The Bertz CT molecular complexity index is 809. The van der Waals surface area contributed by atoms with E-state index < -0.39 is 17.8 Å². The summed E-state index contributed by atoms with van der Waals surface area (Å²) >= 11 is 0. The Kier molecular flexibility index (Phi) is 6.43. The van der Waals surface area contributed by atoms with Gasteiger partial charge in [0, 0.05) is 19.5 Å². The molecule has 1 unspecified atom stereocenters. The number of halogens is 1. The lowest BCUT2D eigenvalue weighted by atomic mass is 10.0. The predicted octanol–water partition coefficient (Wildman–Crippen LogP) is 2.99. The first-order valence-corrected chi connectivity index (χ1v) is 8.04. The van der Waals surface area contributed by atoms with Crippen LogP contribution in [0.1, 0.15) is 31.9 Å². The second-order valence-corrected chi connectivity index (χ2v) is 5.79. The molecule has 0 aromatic heterocycles. The molecule has 0 bridgehead atoms. The van der Waals surface area contributed by atoms with E-state index in [1.54, 1.807) is 24.3 Å². The normalized spacial score (nSPS) is 11.3. The van der Waals surface area contributed by atoms with Crippen LogP contribution in [0, 0.1) is 5.82 Å². The third-order valence-electron chi connectivity index (χ3n) is 3.53. The molecule has 0 radical (unpaired) electrons. The SMILES string of the molecule is CC(=O)Nc1ccc(F)c(NC(=O)CC(NC(C)=O)c2ccccc2)c1. The van der Waals surface area contributed by atoms with Crippen molar-refractivity contribution in [1.82, 2.24) is 5.32 Å². The Morgan fingerprint density at radius 2 is 1.65 bits per heavy atom. The van der Waals surface area contributed by atoms with Gasteiger partial charge in [-0.3, -0.25) is 14.4 Å². The van der Waals surface area contributed by atoms with E-state index in [0.717, 1.165) is 11.6 Å². The minimum Gasteiger partial charge on any atom is -0.349 e. The molecule has 0 aliphatic heterocycles. The number of hydrogen-bond acceptors (Lipinski definition) is 3. The summed E-state index contributed by atoms with van der Waals surface area (Å²) in [6.07, 6.45) is -0.0621. The van der Waals surface area contributed by atoms with Crippen LogP contribution in [0.5, 0.6) is 0 Å². The van der Waals surface area contributed by atoms with Gasteiger partial charge in [-0.1, -0.05) is 30.3 Å². The molecule has 0 aliphatic rings. The number of benzene rings is 2. The second-order valence-electron chi connectivity index (χ2n) is 5.79. The summed E-state index contributed by atoms with van der Waals surface area (Å²) in [5, 5.41) is 7.72. The molecule has 0 aliphatic carbocycles. The molecule has 2 aromatic rings. The molecule has 136 valence electrons. The van der Waals surface area contributed by atoms with Crippen molar-refractivity contribution in [1.29, 1.82) is 0 Å². The van der Waals surface area contributed by atoms with Crippen molar-refractivity contribution in [3.05, 3.63) is 59.9 Å². The number of carbonyl (C=O) groups is 3. The largest absolute Gasteiger partial charge is 0.349 e. The first kappa shape index (κ1) is 19.1. The molecule has 26 heavy (non-hydrogen) atoms. The minimum absolute atomic E-state index is 0.0455. The molecule has 3 amide bonds. The first-order valence-electron chi connectivity index (χ1n) is 8.04. The second kappa shape index (κ2) is 8.75. The van der Waals surface area contributed by atoms with Crippen molar-refractivity contribution >= 4 is 29.1 Å². The van der Waals surface area contributed by atoms with Crippen molar-refractivity contribution in [3.8, 4) is 0 Å². The average molecular weight is 357 g/mol. The topological polar surface area (TPSA) is 87.3 Å². The van der Waals surface area contributed by atoms with Crippen molar-refractivity contribution < 1.29 is 18.8 Å². The molecular formula is C19H20FN3O3. The van der Waals surface area contributed by atoms with Crippen LogP contribution in [-0.2, 0) is 14.4 Å². The van der Waals surface area contributed by atoms with E-state index in [0.29, 0.717) is 5.69 Å². The summed E-state index contributed by atoms with van der Waals surface area (Å²) in [5.74, 6) is -1.66. The van der Waals surface area contributed by atoms with Gasteiger partial charge in [0.2, 0.25) is 17.7 Å². The molecule has 0 fully saturated rings. The minimum atomic E-state index is -0.622. The van der Waals surface area contributed by atoms with E-state index in [2.05, 4.69) is 16.0 Å². The van der Waals surface area contributed by atoms with Gasteiger partial charge in [-0.25, -0.2) is 4.39 Å².